The van der Waals surface area contributed by atoms with Gasteiger partial charge >= 0.3 is 0 Å². The van der Waals surface area contributed by atoms with Crippen molar-refractivity contribution in [3.63, 3.8) is 0 Å². The summed E-state index contributed by atoms with van der Waals surface area (Å²) in [7, 11) is 0. The van der Waals surface area contributed by atoms with E-state index < -0.39 is 12.1 Å². The fourth-order valence-electron chi connectivity index (χ4n) is 4.56. The number of amides is 1. The summed E-state index contributed by atoms with van der Waals surface area (Å²) in [6.45, 7) is 5.31. The van der Waals surface area contributed by atoms with E-state index in [0.29, 0.717) is 55.4 Å². The van der Waals surface area contributed by atoms with Gasteiger partial charge in [-0.05, 0) is 74.7 Å². The molecule has 0 aromatic heterocycles. The van der Waals surface area contributed by atoms with E-state index in [4.69, 9.17) is 14.2 Å². The number of hydrogen-bond donors (Lipinski definition) is 2. The Kier molecular flexibility index (Phi) is 9.19. The standard InChI is InChI=1S/C28H36N2O6/c1-20(31)4-5-21-6-9-23(10-7-21)34-15-12-27(32)29-24(19-30-13-2-3-14-30)28(33)22-8-11-25-26(18-22)36-17-16-35-25/h6-11,18,24,28,33H,2-5,12-17,19H2,1H3,(H,29,32)/t24-,28-/m1/s1. The van der Waals surface area contributed by atoms with Crippen molar-refractivity contribution in [1.82, 2.24) is 10.2 Å². The number of aliphatic hydroxyl groups excluding tert-OH is 1. The molecular formula is C28H36N2O6. The summed E-state index contributed by atoms with van der Waals surface area (Å²) in [5.41, 5.74) is 1.76. The van der Waals surface area contributed by atoms with Crippen molar-refractivity contribution >= 4 is 11.7 Å². The molecule has 1 saturated heterocycles. The first-order valence-corrected chi connectivity index (χ1v) is 12.8. The molecule has 8 heteroatoms. The average molecular weight is 497 g/mol. The second kappa shape index (κ2) is 12.7. The molecular weight excluding hydrogens is 460 g/mol. The smallest absolute Gasteiger partial charge is 0.223 e. The molecule has 2 atom stereocenters. The summed E-state index contributed by atoms with van der Waals surface area (Å²) in [4.78, 5) is 26.2. The summed E-state index contributed by atoms with van der Waals surface area (Å²) in [5.74, 6) is 1.96. The molecule has 2 heterocycles. The highest BCUT2D eigenvalue weighted by atomic mass is 16.6. The molecule has 2 aliphatic rings. The lowest BCUT2D eigenvalue weighted by atomic mass is 10.0. The van der Waals surface area contributed by atoms with Crippen LogP contribution >= 0.6 is 0 Å². The highest BCUT2D eigenvalue weighted by Gasteiger charge is 2.27. The van der Waals surface area contributed by atoms with E-state index in [1.54, 1.807) is 19.1 Å². The minimum atomic E-state index is -0.881. The van der Waals surface area contributed by atoms with Crippen LogP contribution in [0.5, 0.6) is 17.2 Å². The number of benzene rings is 2. The van der Waals surface area contributed by atoms with E-state index in [9.17, 15) is 14.7 Å². The molecule has 0 aliphatic carbocycles. The lowest BCUT2D eigenvalue weighted by molar-refractivity contribution is -0.123. The number of carbonyl (C=O) groups excluding carboxylic acids is 2. The van der Waals surface area contributed by atoms with Crippen molar-refractivity contribution < 1.29 is 28.9 Å². The predicted molar refractivity (Wildman–Crippen MR) is 136 cm³/mol. The van der Waals surface area contributed by atoms with Crippen LogP contribution in [-0.4, -0.2) is 67.2 Å². The summed E-state index contributed by atoms with van der Waals surface area (Å²) in [6, 6.07) is 12.6. The fourth-order valence-corrected chi connectivity index (χ4v) is 4.56. The minimum absolute atomic E-state index is 0.170. The van der Waals surface area contributed by atoms with Crippen LogP contribution in [0.4, 0.5) is 0 Å². The van der Waals surface area contributed by atoms with E-state index in [1.165, 1.54) is 0 Å². The zero-order chi connectivity index (χ0) is 25.3. The molecule has 194 valence electrons. The Hall–Kier alpha value is -3.10. The van der Waals surface area contributed by atoms with E-state index >= 15 is 0 Å². The Morgan fingerprint density at radius 3 is 2.47 bits per heavy atom. The number of hydrogen-bond acceptors (Lipinski definition) is 7. The van der Waals surface area contributed by atoms with Gasteiger partial charge in [0, 0.05) is 13.0 Å². The van der Waals surface area contributed by atoms with Gasteiger partial charge in [0.1, 0.15) is 30.9 Å². The average Bonchev–Trinajstić information content (AvgIpc) is 3.40. The van der Waals surface area contributed by atoms with Crippen LogP contribution in [0.3, 0.4) is 0 Å². The summed E-state index contributed by atoms with van der Waals surface area (Å²) in [6.07, 6.45) is 2.79. The van der Waals surface area contributed by atoms with Gasteiger partial charge in [-0.1, -0.05) is 18.2 Å². The van der Waals surface area contributed by atoms with Gasteiger partial charge in [-0.2, -0.15) is 0 Å². The summed E-state index contributed by atoms with van der Waals surface area (Å²) >= 11 is 0. The SMILES string of the molecule is CC(=O)CCc1ccc(OCCC(=O)N[C@H](CN2CCCC2)[C@H](O)c2ccc3c(c2)OCCO3)cc1. The lowest BCUT2D eigenvalue weighted by Crippen LogP contribution is -2.47. The molecule has 0 bridgehead atoms. The number of aliphatic hydroxyl groups is 1. The second-order valence-corrected chi connectivity index (χ2v) is 9.47. The molecule has 1 fully saturated rings. The van der Waals surface area contributed by atoms with Crippen molar-refractivity contribution in [3.8, 4) is 17.2 Å². The van der Waals surface area contributed by atoms with Crippen LogP contribution in [0.1, 0.15) is 49.8 Å². The Morgan fingerprint density at radius 1 is 1.03 bits per heavy atom. The first-order chi connectivity index (χ1) is 17.5. The normalized spacial score (nSPS) is 16.8. The lowest BCUT2D eigenvalue weighted by Gasteiger charge is -2.29. The van der Waals surface area contributed by atoms with Gasteiger partial charge in [0.15, 0.2) is 11.5 Å². The van der Waals surface area contributed by atoms with Crippen LogP contribution in [-0.2, 0) is 16.0 Å². The third kappa shape index (κ3) is 7.45. The van der Waals surface area contributed by atoms with Crippen LogP contribution in [0.2, 0.25) is 0 Å². The third-order valence-electron chi connectivity index (χ3n) is 6.58. The second-order valence-electron chi connectivity index (χ2n) is 9.47. The third-order valence-corrected chi connectivity index (χ3v) is 6.58. The van der Waals surface area contributed by atoms with Crippen molar-refractivity contribution in [3.05, 3.63) is 53.6 Å². The monoisotopic (exact) mass is 496 g/mol. The molecule has 0 saturated carbocycles. The largest absolute Gasteiger partial charge is 0.493 e. The minimum Gasteiger partial charge on any atom is -0.493 e. The zero-order valence-electron chi connectivity index (χ0n) is 20.9. The number of fused-ring (bicyclic) bond motifs is 1. The van der Waals surface area contributed by atoms with Crippen LogP contribution in [0, 0.1) is 0 Å². The van der Waals surface area contributed by atoms with Crippen LogP contribution < -0.4 is 19.5 Å². The van der Waals surface area contributed by atoms with Crippen molar-refractivity contribution in [2.24, 2.45) is 0 Å². The molecule has 2 aliphatic heterocycles. The van der Waals surface area contributed by atoms with Crippen LogP contribution in [0.25, 0.3) is 0 Å². The molecule has 4 rings (SSSR count). The number of likely N-dealkylation sites (tertiary alicyclic amines) is 1. The number of ketones is 1. The van der Waals surface area contributed by atoms with E-state index in [2.05, 4.69) is 10.2 Å². The highest BCUT2D eigenvalue weighted by molar-refractivity contribution is 5.76. The molecule has 1 amide bonds. The van der Waals surface area contributed by atoms with Crippen molar-refractivity contribution in [2.45, 2.75) is 51.2 Å². The first kappa shape index (κ1) is 26.0. The Balaban J connectivity index is 1.32. The molecule has 2 aromatic carbocycles. The Labute approximate surface area is 212 Å². The molecule has 2 N–H and O–H groups in total. The topological polar surface area (TPSA) is 97.3 Å². The Morgan fingerprint density at radius 2 is 1.75 bits per heavy atom. The molecule has 0 unspecified atom stereocenters. The number of rotatable bonds is 12. The van der Waals surface area contributed by atoms with Gasteiger partial charge in [0.2, 0.25) is 5.91 Å². The van der Waals surface area contributed by atoms with E-state index in [-0.39, 0.29) is 24.7 Å². The van der Waals surface area contributed by atoms with Gasteiger partial charge in [0.25, 0.3) is 0 Å². The van der Waals surface area contributed by atoms with E-state index in [1.807, 2.05) is 30.3 Å². The predicted octanol–water partition coefficient (Wildman–Crippen LogP) is 3.06. The van der Waals surface area contributed by atoms with Crippen molar-refractivity contribution in [1.29, 1.82) is 0 Å². The summed E-state index contributed by atoms with van der Waals surface area (Å²) < 4.78 is 17.0. The van der Waals surface area contributed by atoms with Gasteiger partial charge in [-0.3, -0.25) is 4.79 Å². The number of ether oxygens (including phenoxy) is 3. The number of carbonyl (C=O) groups is 2. The van der Waals surface area contributed by atoms with Gasteiger partial charge in [0.05, 0.1) is 19.1 Å². The Bertz CT molecular complexity index is 1020. The quantitative estimate of drug-likeness (QED) is 0.466. The number of Topliss-reactive ketones (excluding diaryl/α,β-unsaturated/α-hetero) is 1. The van der Waals surface area contributed by atoms with Gasteiger partial charge in [-0.15, -0.1) is 0 Å². The van der Waals surface area contributed by atoms with Crippen molar-refractivity contribution in [2.75, 3.05) is 39.5 Å². The number of aryl methyl sites for hydroxylation is 1. The van der Waals surface area contributed by atoms with Crippen LogP contribution in [0.15, 0.2) is 42.5 Å². The molecule has 36 heavy (non-hydrogen) atoms. The number of nitrogens with one attached hydrogen (secondary N) is 1. The van der Waals surface area contributed by atoms with Gasteiger partial charge in [-0.25, -0.2) is 0 Å². The zero-order valence-corrected chi connectivity index (χ0v) is 20.9. The fraction of sp³-hybridized carbons (Fsp3) is 0.500. The highest BCUT2D eigenvalue weighted by Crippen LogP contribution is 2.33. The maximum Gasteiger partial charge on any atom is 0.223 e. The molecule has 0 spiro atoms. The summed E-state index contributed by atoms with van der Waals surface area (Å²) in [5, 5.41) is 14.2. The molecule has 0 radical (unpaired) electrons. The van der Waals surface area contributed by atoms with Gasteiger partial charge < -0.3 is 34.3 Å². The first-order valence-electron chi connectivity index (χ1n) is 12.8. The maximum absolute atomic E-state index is 12.8. The molecule has 8 nitrogen and oxygen atoms in total. The molecule has 2 aromatic rings. The van der Waals surface area contributed by atoms with E-state index in [0.717, 1.165) is 31.5 Å². The number of nitrogens with zero attached hydrogens (tertiary/aromatic N) is 1. The maximum atomic E-state index is 12.8.